The lowest BCUT2D eigenvalue weighted by Gasteiger charge is -2.11. The predicted molar refractivity (Wildman–Crippen MR) is 103 cm³/mol. The Hall–Kier alpha value is -3.34. The lowest BCUT2D eigenvalue weighted by atomic mass is 10.1. The van der Waals surface area contributed by atoms with Crippen molar-refractivity contribution in [2.75, 3.05) is 12.4 Å². The first-order chi connectivity index (χ1) is 13.7. The minimum absolute atomic E-state index is 0.239. The number of nitro groups is 1. The SMILES string of the molecule is COc1cc(C(=O)Nc2nc3c(C)cc(C)cc3s2)c([N+](=O)[O-])cc1OC(F)F. The van der Waals surface area contributed by atoms with Gasteiger partial charge < -0.3 is 9.47 Å². The van der Waals surface area contributed by atoms with Crippen LogP contribution in [0.1, 0.15) is 21.5 Å². The van der Waals surface area contributed by atoms with Crippen molar-refractivity contribution in [2.24, 2.45) is 0 Å². The van der Waals surface area contributed by atoms with E-state index in [-0.39, 0.29) is 16.4 Å². The highest BCUT2D eigenvalue weighted by molar-refractivity contribution is 7.22. The fourth-order valence-electron chi connectivity index (χ4n) is 2.82. The minimum Gasteiger partial charge on any atom is -0.493 e. The van der Waals surface area contributed by atoms with Crippen molar-refractivity contribution in [1.82, 2.24) is 4.98 Å². The van der Waals surface area contributed by atoms with E-state index in [1.807, 2.05) is 26.0 Å². The summed E-state index contributed by atoms with van der Waals surface area (Å²) in [6.45, 7) is 0.610. The molecule has 1 heterocycles. The van der Waals surface area contributed by atoms with Gasteiger partial charge in [-0.15, -0.1) is 0 Å². The van der Waals surface area contributed by atoms with Crippen LogP contribution < -0.4 is 14.8 Å². The Balaban J connectivity index is 2.00. The van der Waals surface area contributed by atoms with E-state index in [0.717, 1.165) is 28.0 Å². The summed E-state index contributed by atoms with van der Waals surface area (Å²) in [6.07, 6.45) is 0. The van der Waals surface area contributed by atoms with Crippen LogP contribution in [0.4, 0.5) is 19.6 Å². The van der Waals surface area contributed by atoms with Crippen molar-refractivity contribution in [1.29, 1.82) is 0 Å². The number of aryl methyl sites for hydroxylation is 2. The number of thiazole rings is 1. The van der Waals surface area contributed by atoms with Crippen molar-refractivity contribution in [3.8, 4) is 11.5 Å². The fraction of sp³-hybridized carbons (Fsp3) is 0.222. The molecule has 0 spiro atoms. The van der Waals surface area contributed by atoms with Gasteiger partial charge in [0.2, 0.25) is 0 Å². The summed E-state index contributed by atoms with van der Waals surface area (Å²) in [5, 5.41) is 14.1. The fourth-order valence-corrected chi connectivity index (χ4v) is 3.86. The van der Waals surface area contributed by atoms with Gasteiger partial charge in [0.25, 0.3) is 11.6 Å². The zero-order valence-corrected chi connectivity index (χ0v) is 16.3. The van der Waals surface area contributed by atoms with E-state index >= 15 is 0 Å². The molecule has 0 fully saturated rings. The number of aromatic nitrogens is 1. The van der Waals surface area contributed by atoms with Gasteiger partial charge in [0.1, 0.15) is 5.56 Å². The molecular weight excluding hydrogens is 408 g/mol. The molecule has 3 aromatic rings. The predicted octanol–water partition coefficient (Wildman–Crippen LogP) is 4.68. The second-order valence-corrected chi connectivity index (χ2v) is 7.09. The number of benzene rings is 2. The van der Waals surface area contributed by atoms with Crippen molar-refractivity contribution >= 4 is 38.3 Å². The summed E-state index contributed by atoms with van der Waals surface area (Å²) in [5.41, 5.74) is 1.60. The molecular formula is C18H15F2N3O5S. The molecule has 0 atom stereocenters. The number of nitrogens with one attached hydrogen (secondary N) is 1. The van der Waals surface area contributed by atoms with Crippen LogP contribution in [-0.4, -0.2) is 29.5 Å². The highest BCUT2D eigenvalue weighted by Gasteiger charge is 2.26. The number of rotatable bonds is 6. The van der Waals surface area contributed by atoms with Gasteiger partial charge in [0, 0.05) is 6.07 Å². The average Bonchev–Trinajstić information content (AvgIpc) is 3.03. The summed E-state index contributed by atoms with van der Waals surface area (Å²) < 4.78 is 35.1. The standard InChI is InChI=1S/C18H15F2N3O5S/c1-8-4-9(2)15-14(5-8)29-18(21-15)22-16(24)10-6-12(27-3)13(28-17(19)20)7-11(10)23(25)26/h4-7,17H,1-3H3,(H,21,22,24). The van der Waals surface area contributed by atoms with Crippen LogP contribution in [0.5, 0.6) is 11.5 Å². The maximum atomic E-state index is 12.7. The van der Waals surface area contributed by atoms with Gasteiger partial charge in [0.05, 0.1) is 28.3 Å². The number of carbonyl (C=O) groups is 1. The Morgan fingerprint density at radius 2 is 1.97 bits per heavy atom. The molecule has 29 heavy (non-hydrogen) atoms. The number of halogens is 2. The molecule has 0 saturated carbocycles. The first kappa shape index (κ1) is 20.4. The normalized spacial score (nSPS) is 11.0. The first-order valence-corrected chi connectivity index (χ1v) is 9.01. The quantitative estimate of drug-likeness (QED) is 0.456. The Labute approximate surface area is 167 Å². The van der Waals surface area contributed by atoms with Crippen LogP contribution in [0.25, 0.3) is 10.2 Å². The van der Waals surface area contributed by atoms with Gasteiger partial charge in [-0.3, -0.25) is 20.2 Å². The van der Waals surface area contributed by atoms with Crippen LogP contribution in [0, 0.1) is 24.0 Å². The largest absolute Gasteiger partial charge is 0.493 e. The first-order valence-electron chi connectivity index (χ1n) is 8.20. The van der Waals surface area contributed by atoms with Crippen LogP contribution in [0.15, 0.2) is 24.3 Å². The molecule has 0 aliphatic carbocycles. The van der Waals surface area contributed by atoms with E-state index in [2.05, 4.69) is 15.0 Å². The van der Waals surface area contributed by atoms with Crippen molar-refractivity contribution < 1.29 is 28.0 Å². The summed E-state index contributed by atoms with van der Waals surface area (Å²) in [5.74, 6) is -1.61. The molecule has 0 unspecified atom stereocenters. The third kappa shape index (κ3) is 4.24. The zero-order chi connectivity index (χ0) is 21.3. The van der Waals surface area contributed by atoms with E-state index in [9.17, 15) is 23.7 Å². The molecule has 152 valence electrons. The smallest absolute Gasteiger partial charge is 0.387 e. The molecule has 1 aromatic heterocycles. The molecule has 1 N–H and O–H groups in total. The molecule has 0 saturated heterocycles. The van der Waals surface area contributed by atoms with E-state index in [1.54, 1.807) is 0 Å². The van der Waals surface area contributed by atoms with Gasteiger partial charge in [-0.25, -0.2) is 4.98 Å². The number of anilines is 1. The highest BCUT2D eigenvalue weighted by atomic mass is 32.1. The Morgan fingerprint density at radius 1 is 1.24 bits per heavy atom. The second kappa shape index (κ2) is 7.95. The number of amides is 1. The number of nitrogens with zero attached hydrogens (tertiary/aromatic N) is 2. The molecule has 0 aliphatic rings. The zero-order valence-electron chi connectivity index (χ0n) is 15.5. The maximum Gasteiger partial charge on any atom is 0.387 e. The third-order valence-electron chi connectivity index (χ3n) is 3.99. The molecule has 1 amide bonds. The molecule has 3 rings (SSSR count). The number of fused-ring (bicyclic) bond motifs is 1. The molecule has 0 radical (unpaired) electrons. The molecule has 8 nitrogen and oxygen atoms in total. The van der Waals surface area contributed by atoms with Crippen molar-refractivity contribution in [2.45, 2.75) is 20.5 Å². The molecule has 11 heteroatoms. The van der Waals surface area contributed by atoms with Gasteiger partial charge >= 0.3 is 6.61 Å². The second-order valence-electron chi connectivity index (χ2n) is 6.06. The molecule has 0 bridgehead atoms. The topological polar surface area (TPSA) is 104 Å². The number of hydrogen-bond acceptors (Lipinski definition) is 7. The van der Waals surface area contributed by atoms with E-state index in [1.165, 1.54) is 18.4 Å². The van der Waals surface area contributed by atoms with E-state index in [0.29, 0.717) is 5.52 Å². The summed E-state index contributed by atoms with van der Waals surface area (Å²) in [7, 11) is 1.17. The van der Waals surface area contributed by atoms with Gasteiger partial charge in [-0.05, 0) is 31.0 Å². The Morgan fingerprint density at radius 3 is 2.59 bits per heavy atom. The summed E-state index contributed by atoms with van der Waals surface area (Å²) >= 11 is 1.22. The number of hydrogen-bond donors (Lipinski definition) is 1. The van der Waals surface area contributed by atoms with Crippen molar-refractivity contribution in [3.63, 3.8) is 0 Å². The lowest BCUT2D eigenvalue weighted by molar-refractivity contribution is -0.385. The van der Waals surface area contributed by atoms with Crippen LogP contribution >= 0.6 is 11.3 Å². The van der Waals surface area contributed by atoms with Crippen LogP contribution in [-0.2, 0) is 0 Å². The van der Waals surface area contributed by atoms with Crippen molar-refractivity contribution in [3.05, 3.63) is 51.1 Å². The highest BCUT2D eigenvalue weighted by Crippen LogP contribution is 2.36. The van der Waals surface area contributed by atoms with Gasteiger partial charge in [-0.1, -0.05) is 17.4 Å². The van der Waals surface area contributed by atoms with Gasteiger partial charge in [0.15, 0.2) is 16.6 Å². The van der Waals surface area contributed by atoms with E-state index < -0.39 is 28.9 Å². The summed E-state index contributed by atoms with van der Waals surface area (Å²) in [4.78, 5) is 27.5. The summed E-state index contributed by atoms with van der Waals surface area (Å²) in [6, 6.07) is 5.57. The number of nitro benzene ring substituents is 1. The average molecular weight is 423 g/mol. The van der Waals surface area contributed by atoms with Crippen LogP contribution in [0.3, 0.4) is 0 Å². The van der Waals surface area contributed by atoms with Gasteiger partial charge in [-0.2, -0.15) is 8.78 Å². The number of alkyl halides is 2. The Bertz CT molecular complexity index is 1120. The van der Waals surface area contributed by atoms with Crippen LogP contribution in [0.2, 0.25) is 0 Å². The maximum absolute atomic E-state index is 12.7. The Kier molecular flexibility index (Phi) is 5.59. The number of ether oxygens (including phenoxy) is 2. The van der Waals surface area contributed by atoms with E-state index in [4.69, 9.17) is 4.74 Å². The monoisotopic (exact) mass is 423 g/mol. The number of carbonyl (C=O) groups excluding carboxylic acids is 1. The lowest BCUT2D eigenvalue weighted by Crippen LogP contribution is -2.15. The molecule has 0 aliphatic heterocycles. The third-order valence-corrected chi connectivity index (χ3v) is 4.91. The minimum atomic E-state index is -3.21. The molecule has 2 aromatic carbocycles. The number of methoxy groups -OCH3 is 1.